The molecule has 2 N–H and O–H groups in total. The van der Waals surface area contributed by atoms with E-state index in [1.165, 1.54) is 0 Å². The number of nitrogens with one attached hydrogen (secondary N) is 1. The van der Waals surface area contributed by atoms with Gasteiger partial charge in [-0.05, 0) is 37.0 Å². The van der Waals surface area contributed by atoms with Crippen molar-refractivity contribution in [2.45, 2.75) is 19.3 Å². The molecule has 0 aromatic heterocycles. The predicted octanol–water partition coefficient (Wildman–Crippen LogP) is 1.74. The van der Waals surface area contributed by atoms with Crippen molar-refractivity contribution in [1.82, 2.24) is 10.2 Å². The van der Waals surface area contributed by atoms with Crippen LogP contribution >= 0.6 is 0 Å². The van der Waals surface area contributed by atoms with Crippen molar-refractivity contribution in [2.75, 3.05) is 26.7 Å². The molecule has 0 spiro atoms. The van der Waals surface area contributed by atoms with Crippen molar-refractivity contribution in [3.8, 4) is 5.75 Å². The van der Waals surface area contributed by atoms with Crippen LogP contribution in [0.2, 0.25) is 0 Å². The van der Waals surface area contributed by atoms with E-state index in [0.29, 0.717) is 32.5 Å². The van der Waals surface area contributed by atoms with Crippen LogP contribution < -0.4 is 10.1 Å². The van der Waals surface area contributed by atoms with Gasteiger partial charge in [-0.15, -0.1) is 0 Å². The van der Waals surface area contributed by atoms with E-state index in [0.717, 1.165) is 17.7 Å². The van der Waals surface area contributed by atoms with Gasteiger partial charge >= 0.3 is 12.0 Å². The van der Waals surface area contributed by atoms with E-state index in [4.69, 9.17) is 9.84 Å². The average Bonchev–Trinajstić information content (AvgIpc) is 2.55. The molecule has 2 rings (SSSR count). The Bertz CT molecular complexity index is 507. The van der Waals surface area contributed by atoms with Gasteiger partial charge in [0.1, 0.15) is 5.75 Å². The Kier molecular flexibility index (Phi) is 5.63. The molecule has 0 unspecified atom stereocenters. The van der Waals surface area contributed by atoms with Gasteiger partial charge in [0, 0.05) is 19.6 Å². The number of carbonyl (C=O) groups is 2. The number of likely N-dealkylation sites (tertiary alicyclic amines) is 1. The summed E-state index contributed by atoms with van der Waals surface area (Å²) < 4.78 is 5.10. The van der Waals surface area contributed by atoms with E-state index in [2.05, 4.69) is 5.32 Å². The Balaban J connectivity index is 1.70. The van der Waals surface area contributed by atoms with Crippen LogP contribution in [0.1, 0.15) is 18.4 Å². The van der Waals surface area contributed by atoms with Crippen LogP contribution in [0.3, 0.4) is 0 Å². The summed E-state index contributed by atoms with van der Waals surface area (Å²) in [5.74, 6) is -0.267. The zero-order valence-electron chi connectivity index (χ0n) is 12.7. The van der Waals surface area contributed by atoms with E-state index in [-0.39, 0.29) is 11.9 Å². The van der Waals surface area contributed by atoms with Gasteiger partial charge in [-0.1, -0.05) is 12.1 Å². The molecule has 6 nitrogen and oxygen atoms in total. The van der Waals surface area contributed by atoms with Crippen molar-refractivity contribution in [2.24, 2.45) is 5.92 Å². The van der Waals surface area contributed by atoms with Gasteiger partial charge in [0.25, 0.3) is 0 Å². The molecule has 2 amide bonds. The summed E-state index contributed by atoms with van der Waals surface area (Å²) in [7, 11) is 1.63. The van der Waals surface area contributed by atoms with Gasteiger partial charge in [-0.2, -0.15) is 0 Å². The lowest BCUT2D eigenvalue weighted by Gasteiger charge is -2.30. The average molecular weight is 306 g/mol. The number of urea groups is 1. The fourth-order valence-electron chi connectivity index (χ4n) is 2.55. The third-order valence-corrected chi connectivity index (χ3v) is 3.98. The summed E-state index contributed by atoms with van der Waals surface area (Å²) >= 11 is 0. The van der Waals surface area contributed by atoms with E-state index in [1.807, 2.05) is 24.3 Å². The normalized spacial score (nSPS) is 15.4. The number of piperidine rings is 1. The maximum atomic E-state index is 12.0. The number of benzene rings is 1. The van der Waals surface area contributed by atoms with Gasteiger partial charge in [-0.25, -0.2) is 4.79 Å². The molecule has 1 aliphatic rings. The van der Waals surface area contributed by atoms with Crippen molar-refractivity contribution < 1.29 is 19.4 Å². The van der Waals surface area contributed by atoms with E-state index < -0.39 is 5.97 Å². The number of methoxy groups -OCH3 is 1. The molecule has 0 atom stereocenters. The maximum Gasteiger partial charge on any atom is 0.317 e. The summed E-state index contributed by atoms with van der Waals surface area (Å²) in [5.41, 5.74) is 1.13. The second kappa shape index (κ2) is 7.68. The SMILES string of the molecule is COc1ccc(CCNC(=O)N2CCC(C(=O)O)CC2)cc1. The zero-order chi connectivity index (χ0) is 15.9. The Morgan fingerprint density at radius 1 is 1.27 bits per heavy atom. The van der Waals surface area contributed by atoms with Crippen molar-refractivity contribution >= 4 is 12.0 Å². The molecule has 120 valence electrons. The van der Waals surface area contributed by atoms with Crippen LogP contribution in [0.4, 0.5) is 4.79 Å². The highest BCUT2D eigenvalue weighted by Gasteiger charge is 2.26. The lowest BCUT2D eigenvalue weighted by Crippen LogP contribution is -2.45. The summed E-state index contributed by atoms with van der Waals surface area (Å²) in [5, 5.41) is 11.8. The van der Waals surface area contributed by atoms with Crippen LogP contribution in [0.25, 0.3) is 0 Å². The van der Waals surface area contributed by atoms with Gasteiger partial charge < -0.3 is 20.1 Å². The highest BCUT2D eigenvalue weighted by molar-refractivity contribution is 5.75. The molecule has 1 aromatic carbocycles. The van der Waals surface area contributed by atoms with Crippen LogP contribution in [-0.2, 0) is 11.2 Å². The first kappa shape index (κ1) is 16.1. The summed E-state index contributed by atoms with van der Waals surface area (Å²) in [4.78, 5) is 24.6. The number of aliphatic carboxylic acids is 1. The van der Waals surface area contributed by atoms with Crippen molar-refractivity contribution in [1.29, 1.82) is 0 Å². The second-order valence-electron chi connectivity index (χ2n) is 5.43. The van der Waals surface area contributed by atoms with Gasteiger partial charge in [-0.3, -0.25) is 4.79 Å². The minimum atomic E-state index is -0.764. The number of rotatable bonds is 5. The van der Waals surface area contributed by atoms with Crippen LogP contribution in [-0.4, -0.2) is 48.8 Å². The molecule has 0 bridgehead atoms. The summed E-state index contributed by atoms with van der Waals surface area (Å²) in [6, 6.07) is 7.63. The Hall–Kier alpha value is -2.24. The highest BCUT2D eigenvalue weighted by Crippen LogP contribution is 2.17. The number of carboxylic acid groups (broad SMARTS) is 1. The predicted molar refractivity (Wildman–Crippen MR) is 82.0 cm³/mol. The first-order valence-corrected chi connectivity index (χ1v) is 7.48. The summed E-state index contributed by atoms with van der Waals surface area (Å²) in [6.45, 7) is 1.57. The third kappa shape index (κ3) is 4.38. The molecular formula is C16H22N2O4. The van der Waals surface area contributed by atoms with Crippen LogP contribution in [0, 0.1) is 5.92 Å². The number of carbonyl (C=O) groups excluding carboxylic acids is 1. The summed E-state index contributed by atoms with van der Waals surface area (Å²) in [6.07, 6.45) is 1.81. The topological polar surface area (TPSA) is 78.9 Å². The molecule has 1 saturated heterocycles. The van der Waals surface area contributed by atoms with E-state index >= 15 is 0 Å². The molecule has 22 heavy (non-hydrogen) atoms. The van der Waals surface area contributed by atoms with Crippen molar-refractivity contribution in [3.05, 3.63) is 29.8 Å². The lowest BCUT2D eigenvalue weighted by atomic mass is 9.97. The van der Waals surface area contributed by atoms with Crippen molar-refractivity contribution in [3.63, 3.8) is 0 Å². The molecule has 1 fully saturated rings. The van der Waals surface area contributed by atoms with Gasteiger partial charge in [0.2, 0.25) is 0 Å². The molecule has 6 heteroatoms. The Morgan fingerprint density at radius 3 is 2.45 bits per heavy atom. The molecule has 1 heterocycles. The highest BCUT2D eigenvalue weighted by atomic mass is 16.5. The molecule has 0 saturated carbocycles. The number of hydrogen-bond donors (Lipinski definition) is 2. The largest absolute Gasteiger partial charge is 0.497 e. The molecule has 1 aromatic rings. The van der Waals surface area contributed by atoms with Gasteiger partial charge in [0.15, 0.2) is 0 Å². The maximum absolute atomic E-state index is 12.0. The number of carboxylic acids is 1. The number of ether oxygens (including phenoxy) is 1. The first-order chi connectivity index (χ1) is 10.6. The van der Waals surface area contributed by atoms with Crippen LogP contribution in [0.15, 0.2) is 24.3 Å². The fourth-order valence-corrected chi connectivity index (χ4v) is 2.55. The number of nitrogens with zero attached hydrogens (tertiary/aromatic N) is 1. The monoisotopic (exact) mass is 306 g/mol. The zero-order valence-corrected chi connectivity index (χ0v) is 12.7. The standard InChI is InChI=1S/C16H22N2O4/c1-22-14-4-2-12(3-5-14)6-9-17-16(21)18-10-7-13(8-11-18)15(19)20/h2-5,13H,6-11H2,1H3,(H,17,21)(H,19,20). The number of amides is 2. The smallest absolute Gasteiger partial charge is 0.317 e. The van der Waals surface area contributed by atoms with E-state index in [9.17, 15) is 9.59 Å². The number of hydrogen-bond acceptors (Lipinski definition) is 3. The minimum absolute atomic E-state index is 0.114. The molecule has 1 aliphatic heterocycles. The molecule has 0 aliphatic carbocycles. The third-order valence-electron chi connectivity index (χ3n) is 3.98. The van der Waals surface area contributed by atoms with Gasteiger partial charge in [0.05, 0.1) is 13.0 Å². The first-order valence-electron chi connectivity index (χ1n) is 7.48. The quantitative estimate of drug-likeness (QED) is 0.868. The second-order valence-corrected chi connectivity index (χ2v) is 5.43. The van der Waals surface area contributed by atoms with Crippen LogP contribution in [0.5, 0.6) is 5.75 Å². The minimum Gasteiger partial charge on any atom is -0.497 e. The van der Waals surface area contributed by atoms with E-state index in [1.54, 1.807) is 12.0 Å². The fraction of sp³-hybridized carbons (Fsp3) is 0.500. The Morgan fingerprint density at radius 2 is 1.91 bits per heavy atom. The molecule has 0 radical (unpaired) electrons. The Labute approximate surface area is 130 Å². The molecular weight excluding hydrogens is 284 g/mol. The lowest BCUT2D eigenvalue weighted by molar-refractivity contribution is -0.143.